The summed E-state index contributed by atoms with van der Waals surface area (Å²) < 4.78 is 26.9. The first-order valence-electron chi connectivity index (χ1n) is 6.19. The molecule has 20 heavy (non-hydrogen) atoms. The van der Waals surface area contributed by atoms with E-state index in [1.165, 1.54) is 12.3 Å². The van der Waals surface area contributed by atoms with E-state index in [0.717, 1.165) is 23.7 Å². The molecule has 0 saturated heterocycles. The molecule has 106 valence electrons. The zero-order chi connectivity index (χ0) is 14.4. The molecule has 0 spiro atoms. The molecule has 4 nitrogen and oxygen atoms in total. The van der Waals surface area contributed by atoms with E-state index in [4.69, 9.17) is 0 Å². The maximum Gasteiger partial charge on any atom is 0.263 e. The van der Waals surface area contributed by atoms with Gasteiger partial charge >= 0.3 is 0 Å². The zero-order valence-electron chi connectivity index (χ0n) is 10.8. The summed E-state index contributed by atoms with van der Waals surface area (Å²) in [6, 6.07) is 10.6. The molecule has 1 N–H and O–H groups in total. The minimum absolute atomic E-state index is 0.158. The van der Waals surface area contributed by atoms with E-state index < -0.39 is 10.0 Å². The number of hydrogen-bond acceptors (Lipinski definition) is 3. The van der Waals surface area contributed by atoms with E-state index in [1.54, 1.807) is 18.3 Å². The lowest BCUT2D eigenvalue weighted by molar-refractivity contribution is 0.601. The van der Waals surface area contributed by atoms with Gasteiger partial charge in [-0.2, -0.15) is 0 Å². The molecule has 0 atom stereocenters. The van der Waals surface area contributed by atoms with E-state index >= 15 is 0 Å². The largest absolute Gasteiger partial charge is 0.280 e. The highest BCUT2D eigenvalue weighted by Gasteiger charge is 2.13. The second-order valence-electron chi connectivity index (χ2n) is 4.29. The first-order valence-corrected chi connectivity index (χ1v) is 8.80. The molecule has 1 aromatic heterocycles. The van der Waals surface area contributed by atoms with Gasteiger partial charge in [0.1, 0.15) is 4.90 Å². The Balaban J connectivity index is 2.17. The molecule has 1 heterocycles. The number of rotatable bonds is 6. The van der Waals surface area contributed by atoms with E-state index in [0.29, 0.717) is 5.69 Å². The van der Waals surface area contributed by atoms with Crippen LogP contribution in [0.3, 0.4) is 0 Å². The Labute approximate surface area is 127 Å². The van der Waals surface area contributed by atoms with Crippen LogP contribution in [0.15, 0.2) is 53.7 Å². The van der Waals surface area contributed by atoms with Gasteiger partial charge in [0.2, 0.25) is 0 Å². The monoisotopic (exact) mass is 354 g/mol. The van der Waals surface area contributed by atoms with Crippen molar-refractivity contribution in [2.75, 3.05) is 10.1 Å². The fourth-order valence-electron chi connectivity index (χ4n) is 1.78. The van der Waals surface area contributed by atoms with E-state index in [1.807, 2.05) is 18.2 Å². The maximum atomic E-state index is 12.2. The van der Waals surface area contributed by atoms with Crippen molar-refractivity contribution in [2.45, 2.75) is 17.7 Å². The highest BCUT2D eigenvalue weighted by Crippen LogP contribution is 2.17. The summed E-state index contributed by atoms with van der Waals surface area (Å²) in [6.45, 7) is 0. The van der Waals surface area contributed by atoms with Gasteiger partial charge in [-0.05, 0) is 42.7 Å². The Kier molecular flexibility index (Phi) is 5.14. The number of aromatic nitrogens is 1. The molecule has 0 amide bonds. The number of sulfonamides is 1. The molecule has 0 radical (unpaired) electrons. The van der Waals surface area contributed by atoms with Crippen LogP contribution in [-0.4, -0.2) is 18.7 Å². The predicted molar refractivity (Wildman–Crippen MR) is 83.6 cm³/mol. The first-order chi connectivity index (χ1) is 9.62. The summed E-state index contributed by atoms with van der Waals surface area (Å²) in [5.41, 5.74) is 1.68. The molecule has 0 aliphatic carbocycles. The van der Waals surface area contributed by atoms with Crippen molar-refractivity contribution in [3.63, 3.8) is 0 Å². The molecule has 0 aliphatic rings. The molecule has 1 aromatic carbocycles. The molecule has 0 saturated carbocycles. The van der Waals surface area contributed by atoms with E-state index in [2.05, 4.69) is 25.6 Å². The summed E-state index contributed by atoms with van der Waals surface area (Å²) >= 11 is 3.39. The average molecular weight is 355 g/mol. The third kappa shape index (κ3) is 4.05. The standard InChI is InChI=1S/C14H15BrN2O2S/c15-8-2-5-12-4-1-6-13(10-12)17-20(18,19)14-7-3-9-16-11-14/h1,3-4,6-7,9-11,17H,2,5,8H2. The minimum Gasteiger partial charge on any atom is -0.280 e. The normalized spacial score (nSPS) is 11.2. The van der Waals surface area contributed by atoms with Gasteiger partial charge in [-0.15, -0.1) is 0 Å². The van der Waals surface area contributed by atoms with Crippen LogP contribution in [0.5, 0.6) is 0 Å². The van der Waals surface area contributed by atoms with Gasteiger partial charge in [0.25, 0.3) is 10.0 Å². The minimum atomic E-state index is -3.57. The molecule has 6 heteroatoms. The summed E-state index contributed by atoms with van der Waals surface area (Å²) in [5.74, 6) is 0. The Hall–Kier alpha value is -1.40. The number of hydrogen-bond donors (Lipinski definition) is 1. The quantitative estimate of drug-likeness (QED) is 0.810. The maximum absolute atomic E-state index is 12.2. The van der Waals surface area contributed by atoms with Crippen LogP contribution in [0.1, 0.15) is 12.0 Å². The topological polar surface area (TPSA) is 59.1 Å². The lowest BCUT2D eigenvalue weighted by Gasteiger charge is -2.09. The number of benzene rings is 1. The fourth-order valence-corrected chi connectivity index (χ4v) is 3.07. The zero-order valence-corrected chi connectivity index (χ0v) is 13.2. The summed E-state index contributed by atoms with van der Waals surface area (Å²) in [7, 11) is -3.57. The number of alkyl halides is 1. The molecule has 0 fully saturated rings. The SMILES string of the molecule is O=S(=O)(Nc1cccc(CCCBr)c1)c1cccnc1. The van der Waals surface area contributed by atoms with Crippen molar-refractivity contribution in [1.82, 2.24) is 4.98 Å². The lowest BCUT2D eigenvalue weighted by Crippen LogP contribution is -2.13. The first kappa shape index (κ1) is 15.0. The molecular formula is C14H15BrN2O2S. The molecule has 0 bridgehead atoms. The number of aryl methyl sites for hydroxylation is 1. The molecule has 2 aromatic rings. The van der Waals surface area contributed by atoms with Gasteiger partial charge in [-0.1, -0.05) is 28.1 Å². The van der Waals surface area contributed by atoms with Gasteiger partial charge in [0.05, 0.1) is 0 Å². The van der Waals surface area contributed by atoms with Crippen LogP contribution in [-0.2, 0) is 16.4 Å². The van der Waals surface area contributed by atoms with Crippen LogP contribution >= 0.6 is 15.9 Å². The third-order valence-electron chi connectivity index (χ3n) is 2.72. The van der Waals surface area contributed by atoms with Gasteiger partial charge < -0.3 is 0 Å². The second-order valence-corrected chi connectivity index (χ2v) is 6.76. The van der Waals surface area contributed by atoms with Crippen molar-refractivity contribution in [3.05, 3.63) is 54.4 Å². The Morgan fingerprint density at radius 1 is 1.20 bits per heavy atom. The van der Waals surface area contributed by atoms with Crippen LogP contribution < -0.4 is 4.72 Å². The predicted octanol–water partition coefficient (Wildman–Crippen LogP) is 3.21. The lowest BCUT2D eigenvalue weighted by atomic mass is 10.1. The van der Waals surface area contributed by atoms with Crippen molar-refractivity contribution in [1.29, 1.82) is 0 Å². The number of anilines is 1. The fraction of sp³-hybridized carbons (Fsp3) is 0.214. The molecule has 2 rings (SSSR count). The molecular weight excluding hydrogens is 340 g/mol. The third-order valence-corrected chi connectivity index (χ3v) is 4.65. The number of pyridine rings is 1. The Bertz CT molecular complexity index is 660. The van der Waals surface area contributed by atoms with Gasteiger partial charge in [-0.3, -0.25) is 9.71 Å². The number of halogens is 1. The van der Waals surface area contributed by atoms with Gasteiger partial charge in [0, 0.05) is 23.4 Å². The molecule has 0 aliphatic heterocycles. The smallest absolute Gasteiger partial charge is 0.263 e. The van der Waals surface area contributed by atoms with Crippen molar-refractivity contribution >= 4 is 31.6 Å². The summed E-state index contributed by atoms with van der Waals surface area (Å²) in [5, 5.41) is 0.929. The number of nitrogens with zero attached hydrogens (tertiary/aromatic N) is 1. The Morgan fingerprint density at radius 3 is 2.75 bits per heavy atom. The molecule has 0 unspecified atom stereocenters. The van der Waals surface area contributed by atoms with Crippen LogP contribution in [0, 0.1) is 0 Å². The average Bonchev–Trinajstić information content (AvgIpc) is 2.46. The van der Waals surface area contributed by atoms with E-state index in [-0.39, 0.29) is 4.90 Å². The second kappa shape index (κ2) is 6.85. The van der Waals surface area contributed by atoms with Crippen molar-refractivity contribution in [2.24, 2.45) is 0 Å². The van der Waals surface area contributed by atoms with Crippen LogP contribution in [0.2, 0.25) is 0 Å². The van der Waals surface area contributed by atoms with Crippen LogP contribution in [0.25, 0.3) is 0 Å². The number of nitrogens with one attached hydrogen (secondary N) is 1. The van der Waals surface area contributed by atoms with E-state index in [9.17, 15) is 8.42 Å². The Morgan fingerprint density at radius 2 is 2.05 bits per heavy atom. The van der Waals surface area contributed by atoms with Crippen molar-refractivity contribution < 1.29 is 8.42 Å². The van der Waals surface area contributed by atoms with Gasteiger partial charge in [0.15, 0.2) is 0 Å². The highest BCUT2D eigenvalue weighted by atomic mass is 79.9. The highest BCUT2D eigenvalue weighted by molar-refractivity contribution is 9.09. The summed E-state index contributed by atoms with van der Waals surface area (Å²) in [6.07, 6.45) is 4.80. The van der Waals surface area contributed by atoms with Crippen molar-refractivity contribution in [3.8, 4) is 0 Å². The van der Waals surface area contributed by atoms with Crippen LogP contribution in [0.4, 0.5) is 5.69 Å². The van der Waals surface area contributed by atoms with Gasteiger partial charge in [-0.25, -0.2) is 8.42 Å². The summed E-state index contributed by atoms with van der Waals surface area (Å²) in [4.78, 5) is 3.98.